The van der Waals surface area contributed by atoms with E-state index in [1.54, 1.807) is 18.2 Å². The van der Waals surface area contributed by atoms with Gasteiger partial charge in [-0.3, -0.25) is 9.69 Å². The number of hydrogen-bond donors (Lipinski definition) is 4. The number of H-pyrrole nitrogens is 2. The first kappa shape index (κ1) is 35.4. The Balaban J connectivity index is 0.000000164. The van der Waals surface area contributed by atoms with Crippen molar-refractivity contribution in [2.45, 2.75) is 24.7 Å². The molecule has 4 aromatic carbocycles. The lowest BCUT2D eigenvalue weighted by Crippen LogP contribution is -2.31. The van der Waals surface area contributed by atoms with Crippen molar-refractivity contribution in [2.75, 3.05) is 56.4 Å². The maximum atomic E-state index is 13.2. The summed E-state index contributed by atoms with van der Waals surface area (Å²) in [5, 5.41) is 26.6. The van der Waals surface area contributed by atoms with E-state index in [1.165, 1.54) is 35.4 Å². The first-order valence-electron chi connectivity index (χ1n) is 17.9. The zero-order valence-electron chi connectivity index (χ0n) is 29.2. The molecule has 0 aliphatic carbocycles. The van der Waals surface area contributed by atoms with Crippen LogP contribution in [0.4, 0.5) is 20.2 Å². The molecule has 2 aromatic heterocycles. The molecule has 6 aromatic rings. The lowest BCUT2D eigenvalue weighted by Gasteiger charge is -2.17. The van der Waals surface area contributed by atoms with Gasteiger partial charge in [0.2, 0.25) is 5.91 Å². The number of hydrogen-bond acceptors (Lipinski definition) is 6. The lowest BCUT2D eigenvalue weighted by atomic mass is 9.97. The van der Waals surface area contributed by atoms with Crippen molar-refractivity contribution in [3.8, 4) is 12.1 Å². The van der Waals surface area contributed by atoms with Crippen molar-refractivity contribution in [3.05, 3.63) is 131 Å². The largest absolute Gasteiger partial charge is 0.384 e. The van der Waals surface area contributed by atoms with Crippen LogP contribution in [0, 0.1) is 34.3 Å². The predicted molar refractivity (Wildman–Crippen MR) is 204 cm³/mol. The molecule has 1 amide bonds. The Morgan fingerprint density at radius 2 is 1.34 bits per heavy atom. The number of carbonyl (C=O) groups is 1. The van der Waals surface area contributed by atoms with Gasteiger partial charge in [-0.05, 0) is 128 Å². The van der Waals surface area contributed by atoms with E-state index in [-0.39, 0.29) is 17.5 Å². The van der Waals surface area contributed by atoms with Gasteiger partial charge in [0.25, 0.3) is 0 Å². The van der Waals surface area contributed by atoms with E-state index in [0.29, 0.717) is 35.2 Å². The summed E-state index contributed by atoms with van der Waals surface area (Å²) in [6.07, 6.45) is 6.18. The second-order valence-electron chi connectivity index (χ2n) is 13.7. The fraction of sp³-hybridized carbons (Fsp3) is 0.262. The van der Waals surface area contributed by atoms with Gasteiger partial charge >= 0.3 is 0 Å². The molecule has 4 heterocycles. The Morgan fingerprint density at radius 3 is 1.94 bits per heavy atom. The summed E-state index contributed by atoms with van der Waals surface area (Å²) in [6, 6.07) is 28.2. The van der Waals surface area contributed by atoms with Crippen molar-refractivity contribution in [3.63, 3.8) is 0 Å². The number of benzene rings is 4. The van der Waals surface area contributed by atoms with Crippen LogP contribution in [0.3, 0.4) is 0 Å². The minimum Gasteiger partial charge on any atom is -0.384 e. The maximum Gasteiger partial charge on any atom is 0.238 e. The Kier molecular flexibility index (Phi) is 10.8. The molecule has 8 rings (SSSR count). The topological polar surface area (TPSA) is 127 Å². The summed E-state index contributed by atoms with van der Waals surface area (Å²) >= 11 is 0. The number of aromatic amines is 2. The van der Waals surface area contributed by atoms with Gasteiger partial charge < -0.3 is 25.5 Å². The summed E-state index contributed by atoms with van der Waals surface area (Å²) in [6.45, 7) is 5.72. The van der Waals surface area contributed by atoms with E-state index in [4.69, 9.17) is 10.5 Å². The molecular formula is C42H40F2N8O. The van der Waals surface area contributed by atoms with Crippen molar-refractivity contribution in [2.24, 2.45) is 0 Å². The lowest BCUT2D eigenvalue weighted by molar-refractivity contribution is -0.117. The van der Waals surface area contributed by atoms with Gasteiger partial charge in [0.15, 0.2) is 0 Å². The Bertz CT molecular complexity index is 2300. The normalized spacial score (nSPS) is 17.3. The fourth-order valence-corrected chi connectivity index (χ4v) is 7.51. The Labute approximate surface area is 306 Å². The monoisotopic (exact) mass is 710 g/mol. The highest BCUT2D eigenvalue weighted by Crippen LogP contribution is 2.34. The second-order valence-corrected chi connectivity index (χ2v) is 13.7. The molecule has 0 spiro atoms. The molecule has 9 nitrogen and oxygen atoms in total. The third kappa shape index (κ3) is 8.56. The zero-order valence-corrected chi connectivity index (χ0v) is 29.2. The molecule has 11 heteroatoms. The van der Waals surface area contributed by atoms with Crippen LogP contribution < -0.4 is 10.6 Å². The van der Waals surface area contributed by atoms with E-state index in [1.807, 2.05) is 48.7 Å². The molecule has 0 radical (unpaired) electrons. The number of amides is 1. The first-order chi connectivity index (χ1) is 25.8. The molecule has 0 saturated carbocycles. The number of aromatic nitrogens is 2. The molecule has 2 saturated heterocycles. The standard InChI is InChI=1S/C21H19FN4O.C21H21FN4/c22-16-2-4-17(5-3-16)25-21(27)13-26-8-7-15(12-26)19-11-24-20-6-1-14(10-23)9-18(19)20;22-17-2-1-3-18(11-17)24-7-9-26-8-6-16(14-26)20-13-25-21-5-4-15(12-23)10-19(20)21/h1-6,9,11,15,24H,7-8,12-13H2,(H,25,27);1-5,10-11,13,16,24-25H,6-9,14H2. The average Bonchev–Trinajstić information content (AvgIpc) is 3.99. The molecule has 268 valence electrons. The number of rotatable bonds is 9. The van der Waals surface area contributed by atoms with Crippen molar-refractivity contribution >= 4 is 39.1 Å². The van der Waals surface area contributed by atoms with Crippen LogP contribution in [-0.2, 0) is 4.79 Å². The maximum absolute atomic E-state index is 13.2. The molecule has 2 fully saturated rings. The van der Waals surface area contributed by atoms with Gasteiger partial charge in [-0.1, -0.05) is 6.07 Å². The van der Waals surface area contributed by atoms with Gasteiger partial charge in [-0.15, -0.1) is 0 Å². The number of halogens is 2. The Morgan fingerprint density at radius 1 is 0.736 bits per heavy atom. The number of likely N-dealkylation sites (tertiary alicyclic amines) is 2. The van der Waals surface area contributed by atoms with E-state index in [9.17, 15) is 13.6 Å². The Hall–Kier alpha value is -6.01. The number of nitrogens with one attached hydrogen (secondary N) is 4. The smallest absolute Gasteiger partial charge is 0.238 e. The quantitative estimate of drug-likeness (QED) is 0.122. The van der Waals surface area contributed by atoms with Crippen LogP contribution in [0.25, 0.3) is 21.8 Å². The summed E-state index contributed by atoms with van der Waals surface area (Å²) in [5.74, 6) is 0.159. The van der Waals surface area contributed by atoms with E-state index in [2.05, 4.69) is 48.7 Å². The third-order valence-electron chi connectivity index (χ3n) is 10.2. The number of nitriles is 2. The average molecular weight is 711 g/mol. The zero-order chi connectivity index (χ0) is 36.7. The van der Waals surface area contributed by atoms with Gasteiger partial charge in [0.05, 0.1) is 29.8 Å². The van der Waals surface area contributed by atoms with E-state index >= 15 is 0 Å². The number of nitrogens with zero attached hydrogens (tertiary/aromatic N) is 4. The van der Waals surface area contributed by atoms with Crippen LogP contribution in [0.1, 0.15) is 46.9 Å². The van der Waals surface area contributed by atoms with E-state index in [0.717, 1.165) is 79.6 Å². The van der Waals surface area contributed by atoms with Gasteiger partial charge in [0.1, 0.15) is 11.6 Å². The molecular weight excluding hydrogens is 671 g/mol. The van der Waals surface area contributed by atoms with Crippen LogP contribution in [0.5, 0.6) is 0 Å². The van der Waals surface area contributed by atoms with Crippen molar-refractivity contribution < 1.29 is 13.6 Å². The molecule has 4 N–H and O–H groups in total. The van der Waals surface area contributed by atoms with Gasteiger partial charge in [0, 0.05) is 71.8 Å². The molecule has 2 atom stereocenters. The third-order valence-corrected chi connectivity index (χ3v) is 10.2. The van der Waals surface area contributed by atoms with Gasteiger partial charge in [-0.25, -0.2) is 8.78 Å². The van der Waals surface area contributed by atoms with Crippen LogP contribution in [0.2, 0.25) is 0 Å². The van der Waals surface area contributed by atoms with Crippen molar-refractivity contribution in [1.29, 1.82) is 10.5 Å². The molecule has 2 aliphatic rings. The highest BCUT2D eigenvalue weighted by molar-refractivity contribution is 5.92. The number of fused-ring (bicyclic) bond motifs is 2. The number of carbonyl (C=O) groups excluding carboxylic acids is 1. The summed E-state index contributed by atoms with van der Waals surface area (Å²) in [5.41, 5.74) is 7.38. The SMILES string of the molecule is N#Cc1ccc2[nH]cc(C3CCN(CC(=O)Nc4ccc(F)cc4)C3)c2c1.N#Cc1ccc2[nH]cc(C3CCN(CCNc4cccc(F)c4)C3)c2c1. The molecule has 2 unspecified atom stereocenters. The van der Waals surface area contributed by atoms with Crippen LogP contribution in [0.15, 0.2) is 97.3 Å². The minimum atomic E-state index is -0.325. The molecule has 2 aliphatic heterocycles. The molecule has 53 heavy (non-hydrogen) atoms. The van der Waals surface area contributed by atoms with E-state index < -0.39 is 0 Å². The van der Waals surface area contributed by atoms with Crippen molar-refractivity contribution in [1.82, 2.24) is 19.8 Å². The predicted octanol–water partition coefficient (Wildman–Crippen LogP) is 7.69. The van der Waals surface area contributed by atoms with Crippen LogP contribution in [-0.4, -0.2) is 71.5 Å². The fourth-order valence-electron chi connectivity index (χ4n) is 7.51. The highest BCUT2D eigenvalue weighted by Gasteiger charge is 2.28. The number of anilines is 2. The van der Waals surface area contributed by atoms with Crippen LogP contribution >= 0.6 is 0 Å². The highest BCUT2D eigenvalue weighted by atomic mass is 19.1. The first-order valence-corrected chi connectivity index (χ1v) is 17.9. The summed E-state index contributed by atoms with van der Waals surface area (Å²) in [4.78, 5) is 23.4. The minimum absolute atomic E-state index is 0.104. The summed E-state index contributed by atoms with van der Waals surface area (Å²) in [7, 11) is 0. The molecule has 0 bridgehead atoms. The second kappa shape index (κ2) is 16.1. The summed E-state index contributed by atoms with van der Waals surface area (Å²) < 4.78 is 26.2. The van der Waals surface area contributed by atoms with Gasteiger partial charge in [-0.2, -0.15) is 10.5 Å².